The van der Waals surface area contributed by atoms with E-state index in [0.717, 1.165) is 45.3 Å². The summed E-state index contributed by atoms with van der Waals surface area (Å²) in [7, 11) is 2.00. The van der Waals surface area contributed by atoms with Crippen LogP contribution in [0.4, 0.5) is 0 Å². The van der Waals surface area contributed by atoms with Crippen molar-refractivity contribution in [2.75, 3.05) is 33.2 Å². The minimum Gasteiger partial charge on any atom is -0.329 e. The zero-order chi connectivity index (χ0) is 24.3. The maximum atomic E-state index is 6.08. The predicted molar refractivity (Wildman–Crippen MR) is 151 cm³/mol. The van der Waals surface area contributed by atoms with Gasteiger partial charge in [0.05, 0.1) is 0 Å². The highest BCUT2D eigenvalue weighted by molar-refractivity contribution is 5.85. The lowest BCUT2D eigenvalue weighted by Gasteiger charge is -2.24. The molecule has 0 radical (unpaired) electrons. The Morgan fingerprint density at radius 3 is 2.34 bits per heavy atom. The number of hydrogen-bond acceptors (Lipinski definition) is 4. The molecule has 5 N–H and O–H groups in total. The molecular weight excluding hydrogens is 428 g/mol. The maximum Gasteiger partial charge on any atom is 0.0233 e. The van der Waals surface area contributed by atoms with Gasteiger partial charge in [-0.05, 0) is 78.5 Å². The Balaban J connectivity index is 1.42. The van der Waals surface area contributed by atoms with Gasteiger partial charge in [0, 0.05) is 25.2 Å². The lowest BCUT2D eigenvalue weighted by atomic mass is 10.00. The molecule has 0 amide bonds. The van der Waals surface area contributed by atoms with Gasteiger partial charge in [0.1, 0.15) is 0 Å². The molecule has 0 unspecified atom stereocenters. The molecule has 0 saturated heterocycles. The minimum atomic E-state index is 0.337. The van der Waals surface area contributed by atoms with Crippen molar-refractivity contribution in [2.45, 2.75) is 37.8 Å². The number of nitrogens with one attached hydrogen (secondary N) is 3. The molecule has 0 bridgehead atoms. The van der Waals surface area contributed by atoms with E-state index in [0.29, 0.717) is 18.6 Å². The summed E-state index contributed by atoms with van der Waals surface area (Å²) >= 11 is 0. The molecule has 0 fully saturated rings. The zero-order valence-electron chi connectivity index (χ0n) is 21.0. The summed E-state index contributed by atoms with van der Waals surface area (Å²) in [4.78, 5) is 0. The van der Waals surface area contributed by atoms with Crippen molar-refractivity contribution in [1.82, 2.24) is 16.0 Å². The third-order valence-corrected chi connectivity index (χ3v) is 6.92. The van der Waals surface area contributed by atoms with Crippen molar-refractivity contribution >= 4 is 21.5 Å². The van der Waals surface area contributed by atoms with E-state index < -0.39 is 0 Å². The standard InChI is InChI=1S/C31H40N4/c1-33-18-7-13-29(22-32)35-23-30(21-24-15-16-25-8-2-3-10-28(25)20-24)34-19-17-27-12-6-11-26-9-4-5-14-31(26)27/h2-6,8-12,14-16,20,29-30,33-35H,7,13,17-19,21-23,32H2,1H3/t29-,30-/m1/s1. The van der Waals surface area contributed by atoms with Crippen LogP contribution >= 0.6 is 0 Å². The van der Waals surface area contributed by atoms with E-state index in [1.54, 1.807) is 0 Å². The van der Waals surface area contributed by atoms with Gasteiger partial charge in [-0.3, -0.25) is 0 Å². The third-order valence-electron chi connectivity index (χ3n) is 6.92. The van der Waals surface area contributed by atoms with Crippen LogP contribution in [-0.4, -0.2) is 45.3 Å². The Labute approximate surface area is 210 Å². The zero-order valence-corrected chi connectivity index (χ0v) is 21.0. The van der Waals surface area contributed by atoms with Gasteiger partial charge >= 0.3 is 0 Å². The number of hydrogen-bond donors (Lipinski definition) is 4. The molecule has 35 heavy (non-hydrogen) atoms. The monoisotopic (exact) mass is 468 g/mol. The summed E-state index contributed by atoms with van der Waals surface area (Å²) in [6.07, 6.45) is 4.23. The quantitative estimate of drug-likeness (QED) is 0.203. The van der Waals surface area contributed by atoms with Crippen LogP contribution in [0.25, 0.3) is 21.5 Å². The van der Waals surface area contributed by atoms with Crippen LogP contribution < -0.4 is 21.7 Å². The molecule has 4 aromatic carbocycles. The molecule has 0 saturated carbocycles. The van der Waals surface area contributed by atoms with E-state index in [1.807, 2.05) is 7.05 Å². The Kier molecular flexibility index (Phi) is 9.67. The third kappa shape index (κ3) is 7.36. The molecular formula is C31H40N4. The van der Waals surface area contributed by atoms with Crippen LogP contribution in [-0.2, 0) is 12.8 Å². The maximum absolute atomic E-state index is 6.08. The summed E-state index contributed by atoms with van der Waals surface area (Å²) in [5.41, 5.74) is 8.85. The van der Waals surface area contributed by atoms with Crippen LogP contribution in [0.2, 0.25) is 0 Å². The van der Waals surface area contributed by atoms with Crippen LogP contribution in [0.15, 0.2) is 84.9 Å². The second-order valence-corrected chi connectivity index (χ2v) is 9.51. The van der Waals surface area contributed by atoms with E-state index in [4.69, 9.17) is 5.73 Å². The second-order valence-electron chi connectivity index (χ2n) is 9.51. The molecule has 4 aromatic rings. The number of fused-ring (bicyclic) bond motifs is 2. The highest BCUT2D eigenvalue weighted by atomic mass is 15.0. The minimum absolute atomic E-state index is 0.337. The molecule has 4 nitrogen and oxygen atoms in total. The molecule has 0 heterocycles. The summed E-state index contributed by atoms with van der Waals surface area (Å²) in [6, 6.07) is 31.4. The Bertz CT molecular complexity index is 1180. The number of benzene rings is 4. The summed E-state index contributed by atoms with van der Waals surface area (Å²) in [5.74, 6) is 0. The van der Waals surface area contributed by atoms with Crippen LogP contribution in [0.3, 0.4) is 0 Å². The van der Waals surface area contributed by atoms with Crippen molar-refractivity contribution in [3.8, 4) is 0 Å². The van der Waals surface area contributed by atoms with E-state index in [2.05, 4.69) is 101 Å². The predicted octanol–water partition coefficient (Wildman–Crippen LogP) is 4.65. The first-order valence-corrected chi connectivity index (χ1v) is 13.0. The highest BCUT2D eigenvalue weighted by Crippen LogP contribution is 2.19. The van der Waals surface area contributed by atoms with Crippen LogP contribution in [0.1, 0.15) is 24.0 Å². The first-order chi connectivity index (χ1) is 17.3. The molecule has 4 rings (SSSR count). The van der Waals surface area contributed by atoms with Crippen molar-refractivity contribution in [3.63, 3.8) is 0 Å². The first kappa shape index (κ1) is 25.3. The fourth-order valence-electron chi connectivity index (χ4n) is 4.93. The molecule has 0 aliphatic carbocycles. The molecule has 184 valence electrons. The van der Waals surface area contributed by atoms with Gasteiger partial charge in [-0.15, -0.1) is 0 Å². The molecule has 0 aliphatic heterocycles. The van der Waals surface area contributed by atoms with Crippen molar-refractivity contribution < 1.29 is 0 Å². The lowest BCUT2D eigenvalue weighted by Crippen LogP contribution is -2.46. The molecule has 0 aliphatic rings. The van der Waals surface area contributed by atoms with Gasteiger partial charge in [-0.1, -0.05) is 84.9 Å². The van der Waals surface area contributed by atoms with Gasteiger partial charge in [-0.25, -0.2) is 0 Å². The normalized spacial score (nSPS) is 13.3. The van der Waals surface area contributed by atoms with Gasteiger partial charge in [0.15, 0.2) is 0 Å². The van der Waals surface area contributed by atoms with Crippen LogP contribution in [0.5, 0.6) is 0 Å². The van der Waals surface area contributed by atoms with Crippen LogP contribution in [0, 0.1) is 0 Å². The highest BCUT2D eigenvalue weighted by Gasteiger charge is 2.13. The SMILES string of the molecule is CNCCC[C@H](CN)NC[C@@H](Cc1ccc2ccccc2c1)NCCc1cccc2ccccc12. The lowest BCUT2D eigenvalue weighted by molar-refractivity contribution is 0.411. The van der Waals surface area contributed by atoms with E-state index in [1.165, 1.54) is 32.7 Å². The van der Waals surface area contributed by atoms with E-state index in [9.17, 15) is 0 Å². The van der Waals surface area contributed by atoms with Crippen molar-refractivity contribution in [1.29, 1.82) is 0 Å². The molecule has 0 spiro atoms. The van der Waals surface area contributed by atoms with Crippen molar-refractivity contribution in [2.24, 2.45) is 5.73 Å². The van der Waals surface area contributed by atoms with Gasteiger partial charge < -0.3 is 21.7 Å². The molecule has 2 atom stereocenters. The number of nitrogens with two attached hydrogens (primary N) is 1. The largest absolute Gasteiger partial charge is 0.329 e. The fraction of sp³-hybridized carbons (Fsp3) is 0.355. The summed E-state index contributed by atoms with van der Waals surface area (Å²) < 4.78 is 0. The molecule has 0 aromatic heterocycles. The van der Waals surface area contributed by atoms with E-state index >= 15 is 0 Å². The fourth-order valence-corrected chi connectivity index (χ4v) is 4.93. The van der Waals surface area contributed by atoms with Gasteiger partial charge in [-0.2, -0.15) is 0 Å². The second kappa shape index (κ2) is 13.4. The van der Waals surface area contributed by atoms with E-state index in [-0.39, 0.29) is 0 Å². The Hall–Kier alpha value is -2.76. The average Bonchev–Trinajstić information content (AvgIpc) is 2.90. The smallest absolute Gasteiger partial charge is 0.0233 e. The van der Waals surface area contributed by atoms with Gasteiger partial charge in [0.2, 0.25) is 0 Å². The Morgan fingerprint density at radius 2 is 1.51 bits per heavy atom. The average molecular weight is 469 g/mol. The molecule has 4 heteroatoms. The summed E-state index contributed by atoms with van der Waals surface area (Å²) in [5, 5.41) is 16.1. The first-order valence-electron chi connectivity index (χ1n) is 13.0. The number of rotatable bonds is 14. The summed E-state index contributed by atoms with van der Waals surface area (Å²) in [6.45, 7) is 3.55. The Morgan fingerprint density at radius 1 is 0.743 bits per heavy atom. The van der Waals surface area contributed by atoms with Crippen molar-refractivity contribution in [3.05, 3.63) is 96.1 Å². The topological polar surface area (TPSA) is 62.1 Å². The van der Waals surface area contributed by atoms with Gasteiger partial charge in [0.25, 0.3) is 0 Å².